The van der Waals surface area contributed by atoms with Gasteiger partial charge in [-0.1, -0.05) is 24.3 Å². The second-order valence-corrected chi connectivity index (χ2v) is 3.99. The topological polar surface area (TPSA) is 32.3 Å². The zero-order valence-corrected chi connectivity index (χ0v) is 9.09. The van der Waals surface area contributed by atoms with Gasteiger partial charge in [-0.25, -0.2) is 0 Å². The molecule has 80 valence electrons. The Kier molecular flexibility index (Phi) is 3.07. The summed E-state index contributed by atoms with van der Waals surface area (Å²) in [4.78, 5) is 0. The molecule has 0 saturated heterocycles. The van der Waals surface area contributed by atoms with Gasteiger partial charge in [0.2, 0.25) is 0 Å². The van der Waals surface area contributed by atoms with Gasteiger partial charge in [-0.05, 0) is 30.9 Å². The van der Waals surface area contributed by atoms with Crippen molar-refractivity contribution in [2.45, 2.75) is 19.8 Å². The molecule has 1 aromatic rings. The number of aliphatic hydroxyl groups excluding tert-OH is 1. The van der Waals surface area contributed by atoms with Crippen LogP contribution in [0.15, 0.2) is 29.8 Å². The third-order valence-corrected chi connectivity index (χ3v) is 2.81. The van der Waals surface area contributed by atoms with Gasteiger partial charge in [0.15, 0.2) is 0 Å². The Morgan fingerprint density at radius 2 is 2.13 bits per heavy atom. The molecule has 0 radical (unpaired) electrons. The Bertz CT molecular complexity index is 382. The summed E-state index contributed by atoms with van der Waals surface area (Å²) in [6, 6.07) is 8.50. The van der Waals surface area contributed by atoms with Crippen molar-refractivity contribution in [3.8, 4) is 0 Å². The summed E-state index contributed by atoms with van der Waals surface area (Å²) in [6.07, 6.45) is 1.86. The van der Waals surface area contributed by atoms with Crippen molar-refractivity contribution in [2.75, 3.05) is 13.2 Å². The van der Waals surface area contributed by atoms with E-state index in [9.17, 15) is 0 Å². The highest BCUT2D eigenvalue weighted by atomic mass is 16.3. The molecule has 0 unspecified atom stereocenters. The minimum Gasteiger partial charge on any atom is -0.396 e. The van der Waals surface area contributed by atoms with Crippen molar-refractivity contribution in [1.82, 2.24) is 5.32 Å². The smallest absolute Gasteiger partial charge is 0.0447 e. The average molecular weight is 203 g/mol. The fourth-order valence-corrected chi connectivity index (χ4v) is 2.06. The Morgan fingerprint density at radius 1 is 1.33 bits per heavy atom. The molecule has 0 bridgehead atoms. The molecule has 2 rings (SSSR count). The van der Waals surface area contributed by atoms with Crippen LogP contribution < -0.4 is 5.32 Å². The number of allylic oxidation sites excluding steroid dienone is 1. The van der Waals surface area contributed by atoms with Crippen molar-refractivity contribution in [1.29, 1.82) is 0 Å². The quantitative estimate of drug-likeness (QED) is 0.733. The molecule has 0 heterocycles. The lowest BCUT2D eigenvalue weighted by Gasteiger charge is -2.09. The van der Waals surface area contributed by atoms with Gasteiger partial charge in [0.05, 0.1) is 0 Å². The largest absolute Gasteiger partial charge is 0.396 e. The van der Waals surface area contributed by atoms with Crippen molar-refractivity contribution < 1.29 is 5.11 Å². The highest BCUT2D eigenvalue weighted by Gasteiger charge is 2.17. The van der Waals surface area contributed by atoms with Crippen molar-refractivity contribution in [2.24, 2.45) is 0 Å². The summed E-state index contributed by atoms with van der Waals surface area (Å²) < 4.78 is 0. The van der Waals surface area contributed by atoms with Crippen LogP contribution >= 0.6 is 0 Å². The van der Waals surface area contributed by atoms with E-state index in [0.717, 1.165) is 19.4 Å². The maximum atomic E-state index is 8.75. The predicted octanol–water partition coefficient (Wildman–Crippen LogP) is 1.95. The van der Waals surface area contributed by atoms with Crippen molar-refractivity contribution >= 4 is 5.70 Å². The number of aliphatic hydroxyl groups is 1. The number of hydrogen-bond donors (Lipinski definition) is 2. The molecule has 0 saturated carbocycles. The minimum absolute atomic E-state index is 0.251. The Balaban J connectivity index is 2.13. The zero-order chi connectivity index (χ0) is 10.7. The lowest BCUT2D eigenvalue weighted by atomic mass is 10.1. The molecule has 2 heteroatoms. The van der Waals surface area contributed by atoms with Gasteiger partial charge in [0, 0.05) is 24.4 Å². The summed E-state index contributed by atoms with van der Waals surface area (Å²) in [5.74, 6) is 0. The van der Waals surface area contributed by atoms with Crippen LogP contribution in [0, 0.1) is 0 Å². The summed E-state index contributed by atoms with van der Waals surface area (Å²) in [6.45, 7) is 3.26. The molecule has 2 nitrogen and oxygen atoms in total. The van der Waals surface area contributed by atoms with E-state index in [1.165, 1.54) is 22.4 Å². The molecule has 0 spiro atoms. The minimum atomic E-state index is 0.251. The first-order valence-corrected chi connectivity index (χ1v) is 5.45. The van der Waals surface area contributed by atoms with Crippen molar-refractivity contribution in [3.63, 3.8) is 0 Å². The van der Waals surface area contributed by atoms with Crippen LogP contribution in [0.25, 0.3) is 5.70 Å². The lowest BCUT2D eigenvalue weighted by Crippen LogP contribution is -2.14. The third kappa shape index (κ3) is 2.05. The van der Waals surface area contributed by atoms with E-state index in [0.29, 0.717) is 0 Å². The first kappa shape index (κ1) is 10.2. The zero-order valence-electron chi connectivity index (χ0n) is 9.09. The third-order valence-electron chi connectivity index (χ3n) is 2.81. The fourth-order valence-electron chi connectivity index (χ4n) is 2.06. The number of nitrogens with one attached hydrogen (secondary N) is 1. The molecule has 0 aromatic heterocycles. The molecule has 1 aliphatic rings. The molecule has 0 fully saturated rings. The molecule has 0 amide bonds. The lowest BCUT2D eigenvalue weighted by molar-refractivity contribution is 0.288. The number of fused-ring (bicyclic) bond motifs is 1. The van der Waals surface area contributed by atoms with Crippen LogP contribution in [0.3, 0.4) is 0 Å². The number of hydrogen-bond acceptors (Lipinski definition) is 2. The molecule has 0 atom stereocenters. The summed E-state index contributed by atoms with van der Waals surface area (Å²) >= 11 is 0. The molecule has 0 aliphatic heterocycles. The normalized spacial score (nSPS) is 14.3. The SMILES string of the molecule is CC1=C(NCCCO)c2ccccc2C1. The second-order valence-electron chi connectivity index (χ2n) is 3.99. The summed E-state index contributed by atoms with van der Waals surface area (Å²) in [5.41, 5.74) is 5.39. The van der Waals surface area contributed by atoms with E-state index >= 15 is 0 Å². The Morgan fingerprint density at radius 3 is 2.93 bits per heavy atom. The second kappa shape index (κ2) is 4.49. The van der Waals surface area contributed by atoms with Gasteiger partial charge in [0.1, 0.15) is 0 Å². The first-order valence-electron chi connectivity index (χ1n) is 5.45. The van der Waals surface area contributed by atoms with E-state index in [2.05, 4.69) is 36.5 Å². The van der Waals surface area contributed by atoms with Crippen molar-refractivity contribution in [3.05, 3.63) is 41.0 Å². The van der Waals surface area contributed by atoms with E-state index < -0.39 is 0 Å². The monoisotopic (exact) mass is 203 g/mol. The predicted molar refractivity (Wildman–Crippen MR) is 62.4 cm³/mol. The van der Waals surface area contributed by atoms with E-state index in [1.54, 1.807) is 0 Å². The van der Waals surface area contributed by atoms with Crippen LogP contribution in [-0.4, -0.2) is 18.3 Å². The molecular formula is C13H17NO. The van der Waals surface area contributed by atoms with Gasteiger partial charge in [-0.2, -0.15) is 0 Å². The number of rotatable bonds is 4. The van der Waals surface area contributed by atoms with Crippen LogP contribution in [0.1, 0.15) is 24.5 Å². The van der Waals surface area contributed by atoms with Gasteiger partial charge in [0.25, 0.3) is 0 Å². The van der Waals surface area contributed by atoms with Crippen LogP contribution in [0.2, 0.25) is 0 Å². The van der Waals surface area contributed by atoms with E-state index in [-0.39, 0.29) is 6.61 Å². The van der Waals surface area contributed by atoms with Gasteiger partial charge in [-0.15, -0.1) is 0 Å². The van der Waals surface area contributed by atoms with Crippen LogP contribution in [0.4, 0.5) is 0 Å². The highest BCUT2D eigenvalue weighted by molar-refractivity contribution is 5.74. The Labute approximate surface area is 90.6 Å². The van der Waals surface area contributed by atoms with Crippen LogP contribution in [-0.2, 0) is 6.42 Å². The molecule has 1 aromatic carbocycles. The standard InChI is InChI=1S/C13H17NO/c1-10-9-11-5-2-3-6-12(11)13(10)14-7-4-8-15/h2-3,5-6,14-15H,4,7-9H2,1H3. The van der Waals surface area contributed by atoms with Gasteiger partial charge < -0.3 is 10.4 Å². The van der Waals surface area contributed by atoms with Crippen LogP contribution in [0.5, 0.6) is 0 Å². The fraction of sp³-hybridized carbons (Fsp3) is 0.385. The van der Waals surface area contributed by atoms with Gasteiger partial charge in [-0.3, -0.25) is 0 Å². The average Bonchev–Trinajstić information content (AvgIpc) is 2.56. The maximum absolute atomic E-state index is 8.75. The summed E-state index contributed by atoms with van der Waals surface area (Å²) in [7, 11) is 0. The van der Waals surface area contributed by atoms with E-state index in [1.807, 2.05) is 0 Å². The van der Waals surface area contributed by atoms with Gasteiger partial charge >= 0.3 is 0 Å². The maximum Gasteiger partial charge on any atom is 0.0447 e. The number of benzene rings is 1. The van der Waals surface area contributed by atoms with E-state index in [4.69, 9.17) is 5.11 Å². The molecule has 15 heavy (non-hydrogen) atoms. The molecule has 1 aliphatic carbocycles. The summed E-state index contributed by atoms with van der Waals surface area (Å²) in [5, 5.41) is 12.2. The first-order chi connectivity index (χ1) is 7.33. The Hall–Kier alpha value is -1.28. The molecular weight excluding hydrogens is 186 g/mol. The molecule has 2 N–H and O–H groups in total. The highest BCUT2D eigenvalue weighted by Crippen LogP contribution is 2.30.